The molecule has 20 heavy (non-hydrogen) atoms. The van der Waals surface area contributed by atoms with Crippen LogP contribution in [0, 0.1) is 6.92 Å². The fourth-order valence-corrected chi connectivity index (χ4v) is 2.65. The van der Waals surface area contributed by atoms with Crippen LogP contribution in [0.1, 0.15) is 31.0 Å². The minimum Gasteiger partial charge on any atom is -0.394 e. The lowest BCUT2D eigenvalue weighted by atomic mass is 10.2. The molecule has 1 aliphatic carbocycles. The summed E-state index contributed by atoms with van der Waals surface area (Å²) >= 11 is 0. The van der Waals surface area contributed by atoms with Crippen molar-refractivity contribution in [1.82, 2.24) is 9.78 Å². The van der Waals surface area contributed by atoms with Gasteiger partial charge in [-0.2, -0.15) is 5.10 Å². The zero-order valence-corrected chi connectivity index (χ0v) is 12.2. The van der Waals surface area contributed by atoms with Crippen LogP contribution < -0.4 is 10.6 Å². The summed E-state index contributed by atoms with van der Waals surface area (Å²) in [4.78, 5) is 2.42. The molecule has 0 saturated heterocycles. The van der Waals surface area contributed by atoms with Crippen molar-refractivity contribution >= 4 is 11.5 Å². The standard InChI is InChI=1S/C16H22N4/c1-3-20-16(15(17)12(2)18-20)19(14-9-10-14)11-13-7-5-4-6-8-13/h4-8,14H,3,9-11,17H2,1-2H3. The van der Waals surface area contributed by atoms with Crippen LogP contribution in [0.25, 0.3) is 0 Å². The van der Waals surface area contributed by atoms with Crippen LogP contribution in [0.3, 0.4) is 0 Å². The average molecular weight is 270 g/mol. The summed E-state index contributed by atoms with van der Waals surface area (Å²) in [5.74, 6) is 1.09. The van der Waals surface area contributed by atoms with Crippen molar-refractivity contribution in [2.45, 2.75) is 45.8 Å². The highest BCUT2D eigenvalue weighted by molar-refractivity contribution is 5.67. The monoisotopic (exact) mass is 270 g/mol. The SMILES string of the molecule is CCn1nc(C)c(N)c1N(Cc1ccccc1)C1CC1. The Labute approximate surface area is 120 Å². The van der Waals surface area contributed by atoms with Crippen molar-refractivity contribution < 1.29 is 0 Å². The predicted octanol–water partition coefficient (Wildman–Crippen LogP) is 2.96. The van der Waals surface area contributed by atoms with Crippen LogP contribution in [0.15, 0.2) is 30.3 Å². The van der Waals surface area contributed by atoms with E-state index < -0.39 is 0 Å². The second-order valence-corrected chi connectivity index (χ2v) is 5.48. The molecular formula is C16H22N4. The molecule has 0 unspecified atom stereocenters. The molecule has 1 fully saturated rings. The number of aryl methyl sites for hydroxylation is 2. The lowest BCUT2D eigenvalue weighted by molar-refractivity contribution is 0.625. The molecule has 0 atom stereocenters. The molecule has 1 aromatic heterocycles. The summed E-state index contributed by atoms with van der Waals surface area (Å²) in [6, 6.07) is 11.2. The van der Waals surface area contributed by atoms with E-state index in [1.54, 1.807) is 0 Å². The van der Waals surface area contributed by atoms with E-state index in [-0.39, 0.29) is 0 Å². The van der Waals surface area contributed by atoms with Crippen molar-refractivity contribution in [1.29, 1.82) is 0 Å². The van der Waals surface area contributed by atoms with Crippen LogP contribution >= 0.6 is 0 Å². The summed E-state index contributed by atoms with van der Waals surface area (Å²) in [7, 11) is 0. The first-order valence-electron chi connectivity index (χ1n) is 7.34. The smallest absolute Gasteiger partial charge is 0.151 e. The number of hydrogen-bond donors (Lipinski definition) is 1. The molecule has 1 aromatic carbocycles. The van der Waals surface area contributed by atoms with Crippen molar-refractivity contribution in [3.8, 4) is 0 Å². The van der Waals surface area contributed by atoms with Crippen LogP contribution in [-0.2, 0) is 13.1 Å². The Hall–Kier alpha value is -1.97. The minimum atomic E-state index is 0.610. The van der Waals surface area contributed by atoms with E-state index in [0.29, 0.717) is 6.04 Å². The Kier molecular flexibility index (Phi) is 3.38. The van der Waals surface area contributed by atoms with Gasteiger partial charge in [-0.15, -0.1) is 0 Å². The number of nitrogen functional groups attached to an aromatic ring is 1. The zero-order chi connectivity index (χ0) is 14.1. The number of hydrogen-bond acceptors (Lipinski definition) is 3. The molecule has 0 aliphatic heterocycles. The molecule has 1 saturated carbocycles. The molecule has 1 heterocycles. The first-order valence-corrected chi connectivity index (χ1v) is 7.34. The molecule has 2 aromatic rings. The Morgan fingerprint density at radius 2 is 2.00 bits per heavy atom. The molecule has 0 amide bonds. The summed E-state index contributed by atoms with van der Waals surface area (Å²) in [5.41, 5.74) is 9.35. The van der Waals surface area contributed by atoms with Gasteiger partial charge in [0.2, 0.25) is 0 Å². The van der Waals surface area contributed by atoms with Gasteiger partial charge in [0.05, 0.1) is 11.4 Å². The van der Waals surface area contributed by atoms with Crippen molar-refractivity contribution in [3.05, 3.63) is 41.6 Å². The fourth-order valence-electron chi connectivity index (χ4n) is 2.65. The highest BCUT2D eigenvalue weighted by Crippen LogP contribution is 2.37. The van der Waals surface area contributed by atoms with Crippen molar-refractivity contribution in [2.24, 2.45) is 0 Å². The van der Waals surface area contributed by atoms with Crippen molar-refractivity contribution in [3.63, 3.8) is 0 Å². The van der Waals surface area contributed by atoms with Gasteiger partial charge in [0.15, 0.2) is 5.82 Å². The van der Waals surface area contributed by atoms with E-state index in [1.165, 1.54) is 18.4 Å². The molecule has 3 rings (SSSR count). The molecular weight excluding hydrogens is 248 g/mol. The van der Waals surface area contributed by atoms with Gasteiger partial charge >= 0.3 is 0 Å². The molecule has 0 radical (unpaired) electrons. The molecule has 0 bridgehead atoms. The largest absolute Gasteiger partial charge is 0.394 e. The van der Waals surface area contributed by atoms with Gasteiger partial charge in [-0.3, -0.25) is 0 Å². The van der Waals surface area contributed by atoms with Gasteiger partial charge in [-0.05, 0) is 32.3 Å². The van der Waals surface area contributed by atoms with Gasteiger partial charge in [-0.1, -0.05) is 30.3 Å². The highest BCUT2D eigenvalue weighted by Gasteiger charge is 2.33. The Bertz CT molecular complexity index is 584. The first-order chi connectivity index (χ1) is 9.70. The molecule has 1 aliphatic rings. The number of benzene rings is 1. The maximum absolute atomic E-state index is 6.27. The summed E-state index contributed by atoms with van der Waals surface area (Å²) < 4.78 is 2.03. The highest BCUT2D eigenvalue weighted by atomic mass is 15.4. The molecule has 4 heteroatoms. The molecule has 4 nitrogen and oxygen atoms in total. The third kappa shape index (κ3) is 2.38. The number of nitrogens with two attached hydrogens (primary N) is 1. The maximum Gasteiger partial charge on any atom is 0.151 e. The number of nitrogens with zero attached hydrogens (tertiary/aromatic N) is 3. The fraction of sp³-hybridized carbons (Fsp3) is 0.438. The summed E-state index contributed by atoms with van der Waals surface area (Å²) in [5, 5.41) is 4.55. The zero-order valence-electron chi connectivity index (χ0n) is 12.2. The topological polar surface area (TPSA) is 47.1 Å². The van der Waals surface area contributed by atoms with E-state index >= 15 is 0 Å². The van der Waals surface area contributed by atoms with Gasteiger partial charge < -0.3 is 10.6 Å². The predicted molar refractivity (Wildman–Crippen MR) is 82.7 cm³/mol. The van der Waals surface area contributed by atoms with Crippen LogP contribution in [0.5, 0.6) is 0 Å². The second-order valence-electron chi connectivity index (χ2n) is 5.48. The minimum absolute atomic E-state index is 0.610. The lowest BCUT2D eigenvalue weighted by Gasteiger charge is -2.26. The molecule has 106 valence electrons. The van der Waals surface area contributed by atoms with Crippen LogP contribution in [0.4, 0.5) is 11.5 Å². The number of aromatic nitrogens is 2. The van der Waals surface area contributed by atoms with E-state index in [4.69, 9.17) is 5.73 Å². The van der Waals surface area contributed by atoms with Crippen LogP contribution in [0.2, 0.25) is 0 Å². The van der Waals surface area contributed by atoms with Gasteiger partial charge in [0, 0.05) is 19.1 Å². The Morgan fingerprint density at radius 3 is 2.60 bits per heavy atom. The normalized spacial score (nSPS) is 14.5. The van der Waals surface area contributed by atoms with Gasteiger partial charge in [0.1, 0.15) is 0 Å². The van der Waals surface area contributed by atoms with E-state index in [0.717, 1.165) is 30.3 Å². The molecule has 2 N–H and O–H groups in total. The lowest BCUT2D eigenvalue weighted by Crippen LogP contribution is -2.28. The Balaban J connectivity index is 1.95. The van der Waals surface area contributed by atoms with Gasteiger partial charge in [0.25, 0.3) is 0 Å². The molecule has 0 spiro atoms. The summed E-state index contributed by atoms with van der Waals surface area (Å²) in [6.07, 6.45) is 2.50. The van der Waals surface area contributed by atoms with E-state index in [9.17, 15) is 0 Å². The maximum atomic E-state index is 6.27. The average Bonchev–Trinajstić information content (AvgIpc) is 3.26. The van der Waals surface area contributed by atoms with E-state index in [1.807, 2.05) is 11.6 Å². The third-order valence-electron chi connectivity index (χ3n) is 3.90. The first kappa shape index (κ1) is 13.0. The van der Waals surface area contributed by atoms with E-state index in [2.05, 4.69) is 47.3 Å². The second kappa shape index (κ2) is 5.19. The number of rotatable bonds is 5. The quantitative estimate of drug-likeness (QED) is 0.908. The van der Waals surface area contributed by atoms with Crippen molar-refractivity contribution in [2.75, 3.05) is 10.6 Å². The van der Waals surface area contributed by atoms with Crippen LogP contribution in [-0.4, -0.2) is 15.8 Å². The Morgan fingerprint density at radius 1 is 1.30 bits per heavy atom. The van der Waals surface area contributed by atoms with Gasteiger partial charge in [-0.25, -0.2) is 4.68 Å². The number of anilines is 2. The summed E-state index contributed by atoms with van der Waals surface area (Å²) in [6.45, 7) is 5.85. The third-order valence-corrected chi connectivity index (χ3v) is 3.90.